The molecule has 0 aromatic heterocycles. The third-order valence-electron chi connectivity index (χ3n) is 3.71. The van der Waals surface area contributed by atoms with Gasteiger partial charge >= 0.3 is 0 Å². The second-order valence-corrected chi connectivity index (χ2v) is 7.25. The fraction of sp³-hybridized carbons (Fsp3) is 0.571. The van der Waals surface area contributed by atoms with Gasteiger partial charge in [0.2, 0.25) is 10.0 Å². The zero-order valence-corrected chi connectivity index (χ0v) is 12.1. The molecule has 0 saturated heterocycles. The average Bonchev–Trinajstić information content (AvgIpc) is 3.29. The van der Waals surface area contributed by atoms with Gasteiger partial charge in [-0.25, -0.2) is 13.1 Å². The quantitative estimate of drug-likeness (QED) is 0.790. The summed E-state index contributed by atoms with van der Waals surface area (Å²) in [7, 11) is -3.37. The fourth-order valence-electron chi connectivity index (χ4n) is 2.32. The molecule has 2 saturated carbocycles. The lowest BCUT2D eigenvalue weighted by molar-refractivity contribution is 0.301. The van der Waals surface area contributed by atoms with Crippen molar-refractivity contribution in [2.45, 2.75) is 42.7 Å². The number of hydrogen-bond donors (Lipinski definition) is 2. The molecule has 1 aromatic rings. The minimum atomic E-state index is -3.37. The van der Waals surface area contributed by atoms with Gasteiger partial charge in [-0.1, -0.05) is 0 Å². The van der Waals surface area contributed by atoms with E-state index in [1.165, 1.54) is 0 Å². The van der Waals surface area contributed by atoms with Gasteiger partial charge in [-0.15, -0.1) is 0 Å². The van der Waals surface area contributed by atoms with E-state index < -0.39 is 10.0 Å². The highest BCUT2D eigenvalue weighted by atomic mass is 32.2. The molecule has 0 spiro atoms. The number of sulfonamides is 1. The Balaban J connectivity index is 1.75. The molecule has 2 fully saturated rings. The normalized spacial score (nSPS) is 19.1. The Kier molecular flexibility index (Phi) is 3.70. The second kappa shape index (κ2) is 5.35. The highest BCUT2D eigenvalue weighted by Gasteiger charge is 2.30. The maximum Gasteiger partial charge on any atom is 0.240 e. The molecule has 110 valence electrons. The Hall–Kier alpha value is -1.11. The molecule has 0 amide bonds. The van der Waals surface area contributed by atoms with E-state index in [0.29, 0.717) is 17.5 Å². The van der Waals surface area contributed by atoms with Crippen molar-refractivity contribution in [2.24, 2.45) is 0 Å². The number of benzene rings is 1. The van der Waals surface area contributed by atoms with Gasteiger partial charge in [0.1, 0.15) is 0 Å². The highest BCUT2D eigenvalue weighted by Crippen LogP contribution is 2.32. The predicted octanol–water partition coefficient (Wildman–Crippen LogP) is 1.09. The van der Waals surface area contributed by atoms with Gasteiger partial charge in [0, 0.05) is 24.3 Å². The lowest BCUT2D eigenvalue weighted by Crippen LogP contribution is -2.29. The number of aliphatic hydroxyl groups is 1. The fourth-order valence-corrected chi connectivity index (χ4v) is 3.63. The van der Waals surface area contributed by atoms with Crippen molar-refractivity contribution in [2.75, 3.05) is 18.1 Å². The van der Waals surface area contributed by atoms with Gasteiger partial charge in [-0.2, -0.15) is 0 Å². The molecule has 0 bridgehead atoms. The van der Waals surface area contributed by atoms with E-state index in [4.69, 9.17) is 5.11 Å². The van der Waals surface area contributed by atoms with Crippen molar-refractivity contribution in [1.29, 1.82) is 0 Å². The molecule has 1 aromatic carbocycles. The van der Waals surface area contributed by atoms with E-state index in [2.05, 4.69) is 9.62 Å². The van der Waals surface area contributed by atoms with Gasteiger partial charge in [0.15, 0.2) is 0 Å². The van der Waals surface area contributed by atoms with Crippen LogP contribution in [0.15, 0.2) is 29.2 Å². The zero-order valence-electron chi connectivity index (χ0n) is 11.3. The summed E-state index contributed by atoms with van der Waals surface area (Å²) < 4.78 is 26.8. The van der Waals surface area contributed by atoms with Gasteiger partial charge in [0.05, 0.1) is 11.5 Å². The molecule has 20 heavy (non-hydrogen) atoms. The number of anilines is 1. The summed E-state index contributed by atoms with van der Waals surface area (Å²) in [5, 5.41) is 9.12. The molecule has 0 unspecified atom stereocenters. The second-order valence-electron chi connectivity index (χ2n) is 5.54. The Morgan fingerprint density at radius 1 is 1.15 bits per heavy atom. The van der Waals surface area contributed by atoms with Crippen LogP contribution < -0.4 is 9.62 Å². The van der Waals surface area contributed by atoms with Gasteiger partial charge in [-0.3, -0.25) is 0 Å². The third kappa shape index (κ3) is 3.13. The molecule has 2 N–H and O–H groups in total. The lowest BCUT2D eigenvalue weighted by Gasteiger charge is -2.23. The maximum atomic E-state index is 12.1. The molecule has 2 aliphatic rings. The first-order chi connectivity index (χ1) is 9.60. The Labute approximate surface area is 119 Å². The predicted molar refractivity (Wildman–Crippen MR) is 77.2 cm³/mol. The third-order valence-corrected chi connectivity index (χ3v) is 5.24. The zero-order chi connectivity index (χ0) is 14.2. The van der Waals surface area contributed by atoms with Crippen molar-refractivity contribution in [3.63, 3.8) is 0 Å². The number of hydrogen-bond acceptors (Lipinski definition) is 4. The highest BCUT2D eigenvalue weighted by molar-refractivity contribution is 7.89. The van der Waals surface area contributed by atoms with E-state index in [-0.39, 0.29) is 12.6 Å². The number of nitrogens with one attached hydrogen (secondary N) is 1. The molecule has 6 heteroatoms. The van der Waals surface area contributed by atoms with Gasteiger partial charge in [0.25, 0.3) is 0 Å². The van der Waals surface area contributed by atoms with Gasteiger partial charge in [-0.05, 0) is 49.9 Å². The van der Waals surface area contributed by atoms with Crippen LogP contribution in [0.1, 0.15) is 25.7 Å². The van der Waals surface area contributed by atoms with Crippen LogP contribution in [0.4, 0.5) is 5.69 Å². The van der Waals surface area contributed by atoms with E-state index in [9.17, 15) is 8.42 Å². The molecule has 3 rings (SSSR count). The van der Waals surface area contributed by atoms with E-state index in [1.54, 1.807) is 12.1 Å². The minimum absolute atomic E-state index is 0.111. The summed E-state index contributed by atoms with van der Waals surface area (Å²) >= 11 is 0. The molecule has 5 nitrogen and oxygen atoms in total. The first-order valence-electron chi connectivity index (χ1n) is 7.10. The van der Waals surface area contributed by atoms with Crippen LogP contribution in [-0.4, -0.2) is 38.8 Å². The molecule has 0 radical (unpaired) electrons. The minimum Gasteiger partial charge on any atom is -0.395 e. The number of aliphatic hydroxyl groups excluding tert-OH is 1. The standard InChI is InChI=1S/C14H20N2O3S/c17-10-9-16(12-3-4-12)13-5-7-14(8-6-13)20(18,19)15-11-1-2-11/h5-8,11-12,15,17H,1-4,9-10H2. The average molecular weight is 296 g/mol. The molecule has 0 aliphatic heterocycles. The smallest absolute Gasteiger partial charge is 0.240 e. The molecule has 0 heterocycles. The van der Waals surface area contributed by atoms with Crippen LogP contribution in [0.5, 0.6) is 0 Å². The van der Waals surface area contributed by atoms with Crippen molar-refractivity contribution < 1.29 is 13.5 Å². The Morgan fingerprint density at radius 2 is 1.80 bits per heavy atom. The van der Waals surface area contributed by atoms with Crippen LogP contribution in [0, 0.1) is 0 Å². The summed E-state index contributed by atoms with van der Waals surface area (Å²) in [4.78, 5) is 2.46. The summed E-state index contributed by atoms with van der Waals surface area (Å²) in [6.07, 6.45) is 4.15. The van der Waals surface area contributed by atoms with Crippen LogP contribution >= 0.6 is 0 Å². The lowest BCUT2D eigenvalue weighted by atomic mass is 10.3. The summed E-state index contributed by atoms with van der Waals surface area (Å²) in [6.45, 7) is 0.705. The summed E-state index contributed by atoms with van der Waals surface area (Å²) in [6, 6.07) is 7.57. The Bertz CT molecular complexity index is 563. The molecule has 0 atom stereocenters. The summed E-state index contributed by atoms with van der Waals surface area (Å²) in [5.74, 6) is 0. The molecule has 2 aliphatic carbocycles. The van der Waals surface area contributed by atoms with Gasteiger partial charge < -0.3 is 10.0 Å². The SMILES string of the molecule is O=S(=O)(NC1CC1)c1ccc(N(CCO)C2CC2)cc1. The summed E-state index contributed by atoms with van der Waals surface area (Å²) in [5.41, 5.74) is 0.979. The topological polar surface area (TPSA) is 69.6 Å². The van der Waals surface area contributed by atoms with Crippen molar-refractivity contribution in [3.8, 4) is 0 Å². The van der Waals surface area contributed by atoms with E-state index in [0.717, 1.165) is 31.4 Å². The van der Waals surface area contributed by atoms with E-state index >= 15 is 0 Å². The van der Waals surface area contributed by atoms with Crippen LogP contribution in [0.25, 0.3) is 0 Å². The van der Waals surface area contributed by atoms with E-state index in [1.807, 2.05) is 12.1 Å². The molecular weight excluding hydrogens is 276 g/mol. The Morgan fingerprint density at radius 3 is 2.30 bits per heavy atom. The van der Waals surface area contributed by atoms with Crippen molar-refractivity contribution in [3.05, 3.63) is 24.3 Å². The number of rotatable bonds is 7. The molecular formula is C14H20N2O3S. The first kappa shape index (κ1) is 13.9. The monoisotopic (exact) mass is 296 g/mol. The first-order valence-corrected chi connectivity index (χ1v) is 8.58. The van der Waals surface area contributed by atoms with Crippen LogP contribution in [-0.2, 0) is 10.0 Å². The van der Waals surface area contributed by atoms with Crippen molar-refractivity contribution >= 4 is 15.7 Å². The van der Waals surface area contributed by atoms with Crippen molar-refractivity contribution in [1.82, 2.24) is 4.72 Å². The van der Waals surface area contributed by atoms with Crippen LogP contribution in [0.3, 0.4) is 0 Å². The van der Waals surface area contributed by atoms with Crippen LogP contribution in [0.2, 0.25) is 0 Å². The number of nitrogens with zero attached hydrogens (tertiary/aromatic N) is 1. The largest absolute Gasteiger partial charge is 0.395 e. The maximum absolute atomic E-state index is 12.1.